The highest BCUT2D eigenvalue weighted by molar-refractivity contribution is 7.92. The van der Waals surface area contributed by atoms with Crippen LogP contribution in [0.3, 0.4) is 0 Å². The van der Waals surface area contributed by atoms with Crippen molar-refractivity contribution in [3.8, 4) is 5.75 Å². The van der Waals surface area contributed by atoms with Gasteiger partial charge in [-0.1, -0.05) is 36.2 Å². The Morgan fingerprint density at radius 2 is 1.73 bits per heavy atom. The Balaban J connectivity index is 2.20. The van der Waals surface area contributed by atoms with E-state index in [1.165, 1.54) is 16.3 Å². The summed E-state index contributed by atoms with van der Waals surface area (Å²) in [6, 6.07) is 10.8. The van der Waals surface area contributed by atoms with E-state index in [0.717, 1.165) is 12.7 Å². The second-order valence-corrected chi connectivity index (χ2v) is 11.6. The molecule has 0 radical (unpaired) electrons. The average molecular weight is 573 g/mol. The summed E-state index contributed by atoms with van der Waals surface area (Å²) in [5.41, 5.74) is 1.13. The van der Waals surface area contributed by atoms with E-state index in [2.05, 4.69) is 5.32 Å². The molecule has 37 heavy (non-hydrogen) atoms. The first-order valence-electron chi connectivity index (χ1n) is 12.0. The Hall–Kier alpha value is -2.49. The minimum Gasteiger partial charge on any atom is -0.497 e. The highest BCUT2D eigenvalue weighted by Crippen LogP contribution is 2.25. The molecular formula is C26H35Cl2N3O5S. The molecule has 8 nitrogen and oxygen atoms in total. The van der Waals surface area contributed by atoms with Crippen molar-refractivity contribution in [2.24, 2.45) is 0 Å². The molecule has 0 spiro atoms. The van der Waals surface area contributed by atoms with Gasteiger partial charge in [0.1, 0.15) is 11.8 Å². The number of halogens is 2. The third kappa shape index (κ3) is 9.09. The lowest BCUT2D eigenvalue weighted by Gasteiger charge is -2.30. The summed E-state index contributed by atoms with van der Waals surface area (Å²) >= 11 is 12.4. The Morgan fingerprint density at radius 1 is 1.08 bits per heavy atom. The molecule has 2 aromatic rings. The van der Waals surface area contributed by atoms with Gasteiger partial charge in [-0.3, -0.25) is 13.9 Å². The van der Waals surface area contributed by atoms with Crippen LogP contribution in [0.25, 0.3) is 0 Å². The van der Waals surface area contributed by atoms with Crippen LogP contribution in [0, 0.1) is 0 Å². The van der Waals surface area contributed by atoms with Gasteiger partial charge in [-0.05, 0) is 68.7 Å². The molecule has 0 heterocycles. The Kier molecular flexibility index (Phi) is 11.5. The number of amides is 2. The molecule has 0 saturated heterocycles. The molecule has 11 heteroatoms. The molecule has 0 saturated carbocycles. The molecule has 0 aromatic heterocycles. The van der Waals surface area contributed by atoms with E-state index in [0.29, 0.717) is 27.0 Å². The molecule has 0 aliphatic heterocycles. The minimum atomic E-state index is -3.59. The maximum atomic E-state index is 13.4. The monoisotopic (exact) mass is 571 g/mol. The van der Waals surface area contributed by atoms with Crippen LogP contribution in [0.5, 0.6) is 5.75 Å². The van der Waals surface area contributed by atoms with Crippen molar-refractivity contribution in [1.82, 2.24) is 10.2 Å². The van der Waals surface area contributed by atoms with Crippen LogP contribution in [0.4, 0.5) is 5.69 Å². The van der Waals surface area contributed by atoms with Gasteiger partial charge in [-0.25, -0.2) is 8.42 Å². The lowest BCUT2D eigenvalue weighted by molar-refractivity contribution is -0.140. The fourth-order valence-electron chi connectivity index (χ4n) is 3.63. The summed E-state index contributed by atoms with van der Waals surface area (Å²) in [5.74, 6) is 0.0401. The molecule has 0 aliphatic carbocycles. The van der Waals surface area contributed by atoms with Crippen LogP contribution in [0.2, 0.25) is 10.0 Å². The SMILES string of the molecule is CC[C@H](C)NC(=O)[C@H](C)N(Cc1ccc(Cl)cc1Cl)C(=O)CCCN(c1ccc(OC)cc1)S(C)(=O)=O. The van der Waals surface area contributed by atoms with E-state index in [4.69, 9.17) is 27.9 Å². The summed E-state index contributed by atoms with van der Waals surface area (Å²) in [7, 11) is -2.06. The van der Waals surface area contributed by atoms with Gasteiger partial charge in [0.2, 0.25) is 21.8 Å². The maximum absolute atomic E-state index is 13.4. The lowest BCUT2D eigenvalue weighted by atomic mass is 10.1. The van der Waals surface area contributed by atoms with Gasteiger partial charge < -0.3 is 15.0 Å². The molecule has 0 unspecified atom stereocenters. The van der Waals surface area contributed by atoms with E-state index in [-0.39, 0.29) is 43.8 Å². The number of methoxy groups -OCH3 is 1. The molecule has 2 aromatic carbocycles. The van der Waals surface area contributed by atoms with Gasteiger partial charge in [0.15, 0.2) is 0 Å². The molecule has 2 amide bonds. The fourth-order valence-corrected chi connectivity index (χ4v) is 5.07. The van der Waals surface area contributed by atoms with Gasteiger partial charge in [0.25, 0.3) is 0 Å². The number of carbonyl (C=O) groups is 2. The van der Waals surface area contributed by atoms with Crippen molar-refractivity contribution in [3.05, 3.63) is 58.1 Å². The standard InChI is InChI=1S/C26H35Cl2N3O5S/c1-6-18(2)29-26(33)19(3)30(17-20-9-10-21(27)16-24(20)28)25(32)8-7-15-31(37(5,34)35)22-11-13-23(36-4)14-12-22/h9-14,16,18-19H,6-8,15,17H2,1-5H3,(H,29,33)/t18-,19-/m0/s1. The number of anilines is 1. The lowest BCUT2D eigenvalue weighted by Crippen LogP contribution is -2.49. The van der Waals surface area contributed by atoms with Crippen LogP contribution in [0.1, 0.15) is 45.6 Å². The fraction of sp³-hybridized carbons (Fsp3) is 0.462. The maximum Gasteiger partial charge on any atom is 0.242 e. The quantitative estimate of drug-likeness (QED) is 0.369. The van der Waals surface area contributed by atoms with Crippen LogP contribution in [-0.2, 0) is 26.2 Å². The van der Waals surface area contributed by atoms with Crippen molar-refractivity contribution < 1.29 is 22.7 Å². The Labute approximate surface area is 229 Å². The zero-order valence-electron chi connectivity index (χ0n) is 21.8. The smallest absolute Gasteiger partial charge is 0.242 e. The van der Waals surface area contributed by atoms with Crippen molar-refractivity contribution in [2.45, 2.75) is 58.7 Å². The number of rotatable bonds is 13. The van der Waals surface area contributed by atoms with E-state index in [1.807, 2.05) is 13.8 Å². The molecule has 2 rings (SSSR count). The number of hydrogen-bond donors (Lipinski definition) is 1. The van der Waals surface area contributed by atoms with Gasteiger partial charge in [-0.2, -0.15) is 0 Å². The molecular weight excluding hydrogens is 537 g/mol. The number of ether oxygens (including phenoxy) is 1. The summed E-state index contributed by atoms with van der Waals surface area (Å²) in [5, 5.41) is 3.77. The Bertz CT molecular complexity index is 1180. The normalized spacial score (nSPS) is 12.9. The van der Waals surface area contributed by atoms with Crippen molar-refractivity contribution in [3.63, 3.8) is 0 Å². The predicted octanol–water partition coefficient (Wildman–Crippen LogP) is 4.88. The van der Waals surface area contributed by atoms with Gasteiger partial charge >= 0.3 is 0 Å². The van der Waals surface area contributed by atoms with E-state index < -0.39 is 16.1 Å². The summed E-state index contributed by atoms with van der Waals surface area (Å²) in [4.78, 5) is 27.7. The van der Waals surface area contributed by atoms with Gasteiger partial charge in [0.05, 0.1) is 19.1 Å². The number of carbonyl (C=O) groups excluding carboxylic acids is 2. The van der Waals surface area contributed by atoms with Crippen molar-refractivity contribution in [2.75, 3.05) is 24.2 Å². The minimum absolute atomic E-state index is 0.0360. The van der Waals surface area contributed by atoms with Crippen LogP contribution in [-0.4, -0.2) is 57.1 Å². The number of hydrogen-bond acceptors (Lipinski definition) is 5. The summed E-state index contributed by atoms with van der Waals surface area (Å²) in [6.07, 6.45) is 2.16. The van der Waals surface area contributed by atoms with E-state index >= 15 is 0 Å². The average Bonchev–Trinajstić information content (AvgIpc) is 2.84. The number of nitrogens with zero attached hydrogens (tertiary/aromatic N) is 2. The topological polar surface area (TPSA) is 96.0 Å². The highest BCUT2D eigenvalue weighted by atomic mass is 35.5. The van der Waals surface area contributed by atoms with Crippen molar-refractivity contribution >= 4 is 50.7 Å². The van der Waals surface area contributed by atoms with E-state index in [1.54, 1.807) is 49.4 Å². The van der Waals surface area contributed by atoms with E-state index in [9.17, 15) is 18.0 Å². The number of benzene rings is 2. The first-order chi connectivity index (χ1) is 17.4. The largest absolute Gasteiger partial charge is 0.497 e. The van der Waals surface area contributed by atoms with Crippen LogP contribution < -0.4 is 14.4 Å². The first-order valence-corrected chi connectivity index (χ1v) is 14.6. The zero-order chi connectivity index (χ0) is 27.8. The predicted molar refractivity (Wildman–Crippen MR) is 149 cm³/mol. The summed E-state index contributed by atoms with van der Waals surface area (Å²) in [6.45, 7) is 5.73. The van der Waals surface area contributed by atoms with Gasteiger partial charge in [0, 0.05) is 35.6 Å². The highest BCUT2D eigenvalue weighted by Gasteiger charge is 2.28. The molecule has 2 atom stereocenters. The Morgan fingerprint density at radius 3 is 2.27 bits per heavy atom. The molecule has 1 N–H and O–H groups in total. The third-order valence-corrected chi connectivity index (χ3v) is 7.82. The number of nitrogens with one attached hydrogen (secondary N) is 1. The second kappa shape index (κ2) is 13.9. The molecule has 204 valence electrons. The third-order valence-electron chi connectivity index (χ3n) is 6.04. The molecule has 0 aliphatic rings. The number of sulfonamides is 1. The molecule has 0 bridgehead atoms. The summed E-state index contributed by atoms with van der Waals surface area (Å²) < 4.78 is 31.3. The first kappa shape index (κ1) is 30.7. The molecule has 0 fully saturated rings. The van der Waals surface area contributed by atoms with Crippen LogP contribution in [0.15, 0.2) is 42.5 Å². The van der Waals surface area contributed by atoms with Crippen LogP contribution >= 0.6 is 23.2 Å². The van der Waals surface area contributed by atoms with Crippen molar-refractivity contribution in [1.29, 1.82) is 0 Å². The zero-order valence-corrected chi connectivity index (χ0v) is 24.2. The second-order valence-electron chi connectivity index (χ2n) is 8.89. The van der Waals surface area contributed by atoms with Gasteiger partial charge in [-0.15, -0.1) is 0 Å².